The average Bonchev–Trinajstić information content (AvgIpc) is 1.68. The minimum atomic E-state index is 0.301. The van der Waals surface area contributed by atoms with Gasteiger partial charge in [-0.25, -0.2) is 0 Å². The van der Waals surface area contributed by atoms with E-state index in [1.807, 2.05) is 6.92 Å². The smallest absolute Gasteiger partial charge is 0.101 e. The van der Waals surface area contributed by atoms with Gasteiger partial charge in [0.05, 0.1) is 0 Å². The van der Waals surface area contributed by atoms with Gasteiger partial charge in [-0.05, 0) is 6.42 Å². The minimum absolute atomic E-state index is 0.301. The van der Waals surface area contributed by atoms with Gasteiger partial charge in [0.25, 0.3) is 0 Å². The minimum Gasteiger partial charge on any atom is -0.512 e. The third-order valence-corrected chi connectivity index (χ3v) is 0.756. The predicted molar refractivity (Wildman–Crippen MR) is 34.5 cm³/mol. The first-order valence-electron chi connectivity index (χ1n) is 2.65. The van der Waals surface area contributed by atoms with Gasteiger partial charge in [0, 0.05) is 12.5 Å². The molecule has 0 fully saturated rings. The molecular formula is C7H10O. The van der Waals surface area contributed by atoms with Gasteiger partial charge < -0.3 is 5.11 Å². The molecule has 0 aliphatic rings. The first-order valence-corrected chi connectivity index (χ1v) is 2.65. The third-order valence-electron chi connectivity index (χ3n) is 0.756. The van der Waals surface area contributed by atoms with E-state index in [0.29, 0.717) is 12.2 Å². The van der Waals surface area contributed by atoms with Crippen molar-refractivity contribution in [3.05, 3.63) is 11.8 Å². The molecule has 0 unspecified atom stereocenters. The zero-order valence-corrected chi connectivity index (χ0v) is 5.02. The van der Waals surface area contributed by atoms with Crippen LogP contribution in [0.4, 0.5) is 0 Å². The lowest BCUT2D eigenvalue weighted by Crippen LogP contribution is -1.76. The van der Waals surface area contributed by atoms with Crippen LogP contribution in [0.3, 0.4) is 0 Å². The molecule has 44 valence electrons. The maximum atomic E-state index is 8.77. The Morgan fingerprint density at radius 2 is 2.50 bits per heavy atom. The number of allylic oxidation sites excluding steroid dienone is 2. The van der Waals surface area contributed by atoms with Crippen LogP contribution in [-0.4, -0.2) is 5.11 Å². The Labute approximate surface area is 50.0 Å². The first-order chi connectivity index (χ1) is 3.81. The molecule has 1 heteroatoms. The van der Waals surface area contributed by atoms with Gasteiger partial charge in [-0.15, -0.1) is 6.42 Å². The predicted octanol–water partition coefficient (Wildman–Crippen LogP) is 1.86. The highest BCUT2D eigenvalue weighted by atomic mass is 16.3. The lowest BCUT2D eigenvalue weighted by atomic mass is 10.3. The molecule has 0 aliphatic carbocycles. The number of rotatable bonds is 2. The van der Waals surface area contributed by atoms with Crippen molar-refractivity contribution >= 4 is 0 Å². The average molecular weight is 110 g/mol. The monoisotopic (exact) mass is 110 g/mol. The molecule has 0 rings (SSSR count). The number of hydrogen-bond donors (Lipinski definition) is 1. The largest absolute Gasteiger partial charge is 0.512 e. The quantitative estimate of drug-likeness (QED) is 0.425. The van der Waals surface area contributed by atoms with Gasteiger partial charge in [0.1, 0.15) is 5.76 Å². The first kappa shape index (κ1) is 7.10. The van der Waals surface area contributed by atoms with Crippen molar-refractivity contribution in [2.24, 2.45) is 0 Å². The molecule has 0 aromatic heterocycles. The van der Waals surface area contributed by atoms with E-state index >= 15 is 0 Å². The molecule has 0 heterocycles. The summed E-state index contributed by atoms with van der Waals surface area (Å²) in [5.41, 5.74) is 0. The van der Waals surface area contributed by atoms with E-state index in [0.717, 1.165) is 6.42 Å². The summed E-state index contributed by atoms with van der Waals surface area (Å²) in [6, 6.07) is 0. The van der Waals surface area contributed by atoms with Gasteiger partial charge in [0.2, 0.25) is 0 Å². The van der Waals surface area contributed by atoms with Crippen molar-refractivity contribution in [1.82, 2.24) is 0 Å². The van der Waals surface area contributed by atoms with E-state index in [4.69, 9.17) is 11.5 Å². The Kier molecular flexibility index (Phi) is 3.78. The molecule has 0 aliphatic heterocycles. The highest BCUT2D eigenvalue weighted by Crippen LogP contribution is 1.97. The highest BCUT2D eigenvalue weighted by Gasteiger charge is 1.84. The number of aliphatic hydroxyl groups excluding tert-OH is 1. The molecule has 0 bridgehead atoms. The standard InChI is InChI=1S/C7H10O/c1-3-5-7(8)6-4-2/h1,5,8H,4,6H2,2H3/b7-5+. The van der Waals surface area contributed by atoms with E-state index in [2.05, 4.69) is 5.92 Å². The number of hydrogen-bond acceptors (Lipinski definition) is 1. The van der Waals surface area contributed by atoms with Crippen LogP contribution in [0, 0.1) is 12.3 Å². The van der Waals surface area contributed by atoms with Gasteiger partial charge in [0.15, 0.2) is 0 Å². The van der Waals surface area contributed by atoms with Gasteiger partial charge >= 0.3 is 0 Å². The Hall–Kier alpha value is -0.900. The molecule has 0 saturated carbocycles. The Morgan fingerprint density at radius 1 is 1.88 bits per heavy atom. The fourth-order valence-electron chi connectivity index (χ4n) is 0.425. The highest BCUT2D eigenvalue weighted by molar-refractivity contribution is 5.12. The molecular weight excluding hydrogens is 100 g/mol. The summed E-state index contributed by atoms with van der Waals surface area (Å²) < 4.78 is 0. The van der Waals surface area contributed by atoms with Gasteiger partial charge in [-0.2, -0.15) is 0 Å². The second-order valence-electron chi connectivity index (χ2n) is 1.55. The molecule has 1 N–H and O–H groups in total. The fourth-order valence-corrected chi connectivity index (χ4v) is 0.425. The van der Waals surface area contributed by atoms with Gasteiger partial charge in [-0.1, -0.05) is 12.8 Å². The second-order valence-corrected chi connectivity index (χ2v) is 1.55. The third kappa shape index (κ3) is 3.30. The van der Waals surface area contributed by atoms with Crippen molar-refractivity contribution in [2.45, 2.75) is 19.8 Å². The summed E-state index contributed by atoms with van der Waals surface area (Å²) in [6.07, 6.45) is 7.87. The van der Waals surface area contributed by atoms with E-state index in [1.54, 1.807) is 0 Å². The summed E-state index contributed by atoms with van der Waals surface area (Å²) in [7, 11) is 0. The lowest BCUT2D eigenvalue weighted by molar-refractivity contribution is 0.387. The van der Waals surface area contributed by atoms with Crippen LogP contribution < -0.4 is 0 Å². The second kappa shape index (κ2) is 4.26. The Bertz CT molecular complexity index is 117. The van der Waals surface area contributed by atoms with Crippen molar-refractivity contribution in [2.75, 3.05) is 0 Å². The van der Waals surface area contributed by atoms with E-state index < -0.39 is 0 Å². The summed E-state index contributed by atoms with van der Waals surface area (Å²) in [4.78, 5) is 0. The molecule has 0 aromatic rings. The molecule has 0 amide bonds. The van der Waals surface area contributed by atoms with Gasteiger partial charge in [-0.3, -0.25) is 0 Å². The van der Waals surface area contributed by atoms with E-state index in [1.165, 1.54) is 6.08 Å². The van der Waals surface area contributed by atoms with Crippen LogP contribution in [0.2, 0.25) is 0 Å². The summed E-state index contributed by atoms with van der Waals surface area (Å²) >= 11 is 0. The molecule has 8 heavy (non-hydrogen) atoms. The van der Waals surface area contributed by atoms with E-state index in [-0.39, 0.29) is 0 Å². The molecule has 0 saturated heterocycles. The fraction of sp³-hybridized carbons (Fsp3) is 0.429. The molecule has 0 atom stereocenters. The van der Waals surface area contributed by atoms with Crippen LogP contribution in [0.25, 0.3) is 0 Å². The zero-order chi connectivity index (χ0) is 6.41. The van der Waals surface area contributed by atoms with Crippen LogP contribution in [-0.2, 0) is 0 Å². The normalized spacial score (nSPS) is 10.8. The Balaban J connectivity index is 3.49. The maximum absolute atomic E-state index is 8.77. The SMILES string of the molecule is C#C/C=C(/O)CCC. The lowest BCUT2D eigenvalue weighted by Gasteiger charge is -1.89. The van der Waals surface area contributed by atoms with Crippen molar-refractivity contribution in [3.8, 4) is 12.3 Å². The van der Waals surface area contributed by atoms with Crippen LogP contribution in [0.5, 0.6) is 0 Å². The topological polar surface area (TPSA) is 20.2 Å². The van der Waals surface area contributed by atoms with Crippen LogP contribution >= 0.6 is 0 Å². The van der Waals surface area contributed by atoms with Crippen LogP contribution in [0.15, 0.2) is 11.8 Å². The van der Waals surface area contributed by atoms with Crippen LogP contribution in [0.1, 0.15) is 19.8 Å². The maximum Gasteiger partial charge on any atom is 0.101 e. The van der Waals surface area contributed by atoms with Crippen molar-refractivity contribution < 1.29 is 5.11 Å². The Morgan fingerprint density at radius 3 is 2.88 bits per heavy atom. The molecule has 0 radical (unpaired) electrons. The number of terminal acetylenes is 1. The van der Waals surface area contributed by atoms with E-state index in [9.17, 15) is 0 Å². The summed E-state index contributed by atoms with van der Waals surface area (Å²) in [5, 5.41) is 8.77. The molecule has 0 aromatic carbocycles. The number of aliphatic hydroxyl groups is 1. The summed E-state index contributed by atoms with van der Waals surface area (Å²) in [5.74, 6) is 2.54. The van der Waals surface area contributed by atoms with Crippen molar-refractivity contribution in [1.29, 1.82) is 0 Å². The molecule has 1 nitrogen and oxygen atoms in total. The summed E-state index contributed by atoms with van der Waals surface area (Å²) in [6.45, 7) is 1.99. The zero-order valence-electron chi connectivity index (χ0n) is 5.02. The molecule has 0 spiro atoms. The van der Waals surface area contributed by atoms with Crippen molar-refractivity contribution in [3.63, 3.8) is 0 Å².